The number of pyridine rings is 1. The zero-order valence-corrected chi connectivity index (χ0v) is 12.5. The first-order valence-electron chi connectivity index (χ1n) is 8.01. The van der Waals surface area contributed by atoms with E-state index in [1.54, 1.807) is 0 Å². The monoisotopic (exact) mass is 288 g/mol. The van der Waals surface area contributed by atoms with Crippen LogP contribution in [0, 0.1) is 5.92 Å². The lowest BCUT2D eigenvalue weighted by molar-refractivity contribution is -0.126. The summed E-state index contributed by atoms with van der Waals surface area (Å²) in [6.45, 7) is 4.40. The Morgan fingerprint density at radius 3 is 2.57 bits per heavy atom. The molecule has 21 heavy (non-hydrogen) atoms. The van der Waals surface area contributed by atoms with Gasteiger partial charge in [0, 0.05) is 38.9 Å². The van der Waals surface area contributed by atoms with Crippen LogP contribution >= 0.6 is 0 Å². The van der Waals surface area contributed by atoms with E-state index in [1.807, 2.05) is 6.20 Å². The zero-order chi connectivity index (χ0) is 14.5. The van der Waals surface area contributed by atoms with Crippen LogP contribution in [0.3, 0.4) is 0 Å². The Morgan fingerprint density at radius 2 is 2.00 bits per heavy atom. The van der Waals surface area contributed by atoms with Gasteiger partial charge in [-0.05, 0) is 24.5 Å². The van der Waals surface area contributed by atoms with Crippen molar-refractivity contribution in [2.24, 2.45) is 5.92 Å². The minimum Gasteiger partial charge on any atom is -0.357 e. The summed E-state index contributed by atoms with van der Waals surface area (Å²) in [6.07, 6.45) is 7.07. The number of nitrogens with one attached hydrogen (secondary N) is 2. The molecule has 2 aliphatic rings. The molecule has 3 heterocycles. The van der Waals surface area contributed by atoms with E-state index in [1.165, 1.54) is 25.7 Å². The normalized spacial score (nSPS) is 19.7. The minimum atomic E-state index is 0.144. The van der Waals surface area contributed by atoms with E-state index in [-0.39, 0.29) is 11.8 Å². The second-order valence-corrected chi connectivity index (χ2v) is 6.00. The third-order valence-corrected chi connectivity index (χ3v) is 4.36. The largest absolute Gasteiger partial charge is 0.357 e. The van der Waals surface area contributed by atoms with Gasteiger partial charge < -0.3 is 15.5 Å². The Hall–Kier alpha value is -1.62. The summed E-state index contributed by atoms with van der Waals surface area (Å²) < 4.78 is 0. The predicted octanol–water partition coefficient (Wildman–Crippen LogP) is 1.30. The highest BCUT2D eigenvalue weighted by Gasteiger charge is 2.24. The maximum atomic E-state index is 11.8. The number of aromatic nitrogens is 1. The van der Waals surface area contributed by atoms with E-state index in [0.29, 0.717) is 6.54 Å². The molecule has 0 saturated carbocycles. The summed E-state index contributed by atoms with van der Waals surface area (Å²) in [6, 6.07) is 4.16. The number of anilines is 1. The van der Waals surface area contributed by atoms with Crippen molar-refractivity contribution in [2.45, 2.75) is 32.2 Å². The smallest absolute Gasteiger partial charge is 0.225 e. The van der Waals surface area contributed by atoms with Crippen LogP contribution in [0.5, 0.6) is 0 Å². The van der Waals surface area contributed by atoms with Crippen LogP contribution in [-0.2, 0) is 11.3 Å². The molecule has 0 spiro atoms. The van der Waals surface area contributed by atoms with Gasteiger partial charge in [-0.15, -0.1) is 0 Å². The Balaban J connectivity index is 1.52. The van der Waals surface area contributed by atoms with Gasteiger partial charge in [0.25, 0.3) is 0 Å². The summed E-state index contributed by atoms with van der Waals surface area (Å²) in [4.78, 5) is 18.7. The molecule has 3 rings (SSSR count). The van der Waals surface area contributed by atoms with Gasteiger partial charge in [-0.25, -0.2) is 4.98 Å². The van der Waals surface area contributed by atoms with Crippen molar-refractivity contribution < 1.29 is 4.79 Å². The van der Waals surface area contributed by atoms with Crippen LogP contribution in [0.1, 0.15) is 31.2 Å². The van der Waals surface area contributed by atoms with Crippen LogP contribution in [0.15, 0.2) is 18.3 Å². The maximum Gasteiger partial charge on any atom is 0.225 e. The van der Waals surface area contributed by atoms with Crippen molar-refractivity contribution in [1.82, 2.24) is 15.6 Å². The fraction of sp³-hybridized carbons (Fsp3) is 0.625. The van der Waals surface area contributed by atoms with E-state index in [4.69, 9.17) is 0 Å². The second kappa shape index (κ2) is 6.89. The molecule has 2 fully saturated rings. The van der Waals surface area contributed by atoms with E-state index in [2.05, 4.69) is 32.7 Å². The van der Waals surface area contributed by atoms with Gasteiger partial charge in [-0.1, -0.05) is 18.9 Å². The van der Waals surface area contributed by atoms with Gasteiger partial charge in [0.1, 0.15) is 5.82 Å². The van der Waals surface area contributed by atoms with E-state index in [9.17, 15) is 4.79 Å². The molecule has 2 saturated heterocycles. The Bertz CT molecular complexity index is 462. The molecular formula is C16H24N4O. The van der Waals surface area contributed by atoms with Gasteiger partial charge >= 0.3 is 0 Å². The van der Waals surface area contributed by atoms with Gasteiger partial charge in [0.05, 0.1) is 5.92 Å². The SMILES string of the molecule is O=C(NCc1ccc(N2CCCCCC2)nc1)C1CNC1. The summed E-state index contributed by atoms with van der Waals surface area (Å²) in [7, 11) is 0. The van der Waals surface area contributed by atoms with Crippen LogP contribution in [0.4, 0.5) is 5.82 Å². The van der Waals surface area contributed by atoms with Crippen molar-refractivity contribution in [3.05, 3.63) is 23.9 Å². The van der Waals surface area contributed by atoms with E-state index < -0.39 is 0 Å². The molecule has 0 aromatic carbocycles. The topological polar surface area (TPSA) is 57.3 Å². The van der Waals surface area contributed by atoms with Gasteiger partial charge in [0.15, 0.2) is 0 Å². The summed E-state index contributed by atoms with van der Waals surface area (Å²) in [5.74, 6) is 1.36. The zero-order valence-electron chi connectivity index (χ0n) is 12.5. The molecule has 5 nitrogen and oxygen atoms in total. The highest BCUT2D eigenvalue weighted by Crippen LogP contribution is 2.17. The molecule has 114 valence electrons. The lowest BCUT2D eigenvalue weighted by atomic mass is 10.0. The van der Waals surface area contributed by atoms with Crippen LogP contribution in [0.25, 0.3) is 0 Å². The van der Waals surface area contributed by atoms with Crippen LogP contribution in [0.2, 0.25) is 0 Å². The molecule has 0 unspecified atom stereocenters. The fourth-order valence-corrected chi connectivity index (χ4v) is 2.82. The van der Waals surface area contributed by atoms with E-state index in [0.717, 1.165) is 37.6 Å². The molecule has 2 aliphatic heterocycles. The quantitative estimate of drug-likeness (QED) is 0.877. The van der Waals surface area contributed by atoms with Crippen molar-refractivity contribution in [2.75, 3.05) is 31.1 Å². The number of carbonyl (C=O) groups excluding carboxylic acids is 1. The average Bonchev–Trinajstić information content (AvgIpc) is 2.73. The molecule has 5 heteroatoms. The molecule has 0 atom stereocenters. The van der Waals surface area contributed by atoms with Gasteiger partial charge in [-0.3, -0.25) is 4.79 Å². The highest BCUT2D eigenvalue weighted by molar-refractivity contribution is 5.79. The van der Waals surface area contributed by atoms with Gasteiger partial charge in [-0.2, -0.15) is 0 Å². The molecule has 0 bridgehead atoms. The number of hydrogen-bond donors (Lipinski definition) is 2. The predicted molar refractivity (Wildman–Crippen MR) is 83.1 cm³/mol. The Labute approximate surface area is 126 Å². The summed E-state index contributed by atoms with van der Waals surface area (Å²) >= 11 is 0. The van der Waals surface area contributed by atoms with Crippen molar-refractivity contribution in [1.29, 1.82) is 0 Å². The fourth-order valence-electron chi connectivity index (χ4n) is 2.82. The number of amides is 1. The lowest BCUT2D eigenvalue weighted by Gasteiger charge is -2.25. The summed E-state index contributed by atoms with van der Waals surface area (Å²) in [5, 5.41) is 6.09. The molecule has 1 aromatic rings. The van der Waals surface area contributed by atoms with Crippen molar-refractivity contribution in [3.63, 3.8) is 0 Å². The maximum absolute atomic E-state index is 11.8. The van der Waals surface area contributed by atoms with Crippen molar-refractivity contribution in [3.8, 4) is 0 Å². The number of carbonyl (C=O) groups is 1. The van der Waals surface area contributed by atoms with E-state index >= 15 is 0 Å². The average molecular weight is 288 g/mol. The standard InChI is InChI=1S/C16H24N4O/c21-16(14-11-17-12-14)19-10-13-5-6-15(18-9-13)20-7-3-1-2-4-8-20/h5-6,9,14,17H,1-4,7-8,10-12H2,(H,19,21). The number of nitrogens with zero attached hydrogens (tertiary/aromatic N) is 2. The molecular weight excluding hydrogens is 264 g/mol. The van der Waals surface area contributed by atoms with Crippen LogP contribution in [-0.4, -0.2) is 37.1 Å². The Kier molecular flexibility index (Phi) is 4.70. The highest BCUT2D eigenvalue weighted by atomic mass is 16.2. The second-order valence-electron chi connectivity index (χ2n) is 6.00. The number of hydrogen-bond acceptors (Lipinski definition) is 4. The number of rotatable bonds is 4. The first kappa shape index (κ1) is 14.3. The molecule has 0 radical (unpaired) electrons. The Morgan fingerprint density at radius 1 is 1.24 bits per heavy atom. The van der Waals surface area contributed by atoms with Crippen molar-refractivity contribution >= 4 is 11.7 Å². The molecule has 0 aliphatic carbocycles. The first-order valence-corrected chi connectivity index (χ1v) is 8.01. The third kappa shape index (κ3) is 3.73. The molecule has 1 aromatic heterocycles. The van der Waals surface area contributed by atoms with Crippen LogP contribution < -0.4 is 15.5 Å². The molecule has 2 N–H and O–H groups in total. The van der Waals surface area contributed by atoms with Gasteiger partial charge in [0.2, 0.25) is 5.91 Å². The molecule has 1 amide bonds. The minimum absolute atomic E-state index is 0.144. The lowest BCUT2D eigenvalue weighted by Crippen LogP contribution is -2.50. The summed E-state index contributed by atoms with van der Waals surface area (Å²) in [5.41, 5.74) is 1.06. The first-order chi connectivity index (χ1) is 10.3. The third-order valence-electron chi connectivity index (χ3n) is 4.36.